The second-order valence-electron chi connectivity index (χ2n) is 12.7. The lowest BCUT2D eigenvalue weighted by atomic mass is 10.0. The summed E-state index contributed by atoms with van der Waals surface area (Å²) in [5.41, 5.74) is 1.88. The van der Waals surface area contributed by atoms with Crippen LogP contribution in [0.3, 0.4) is 0 Å². The maximum absolute atomic E-state index is 15.4. The molecule has 2 aromatic carbocycles. The lowest BCUT2D eigenvalue weighted by Crippen LogP contribution is -2.52. The van der Waals surface area contributed by atoms with Crippen LogP contribution in [0.2, 0.25) is 5.02 Å². The molecule has 2 fully saturated rings. The molecule has 2 aromatic rings. The predicted octanol–water partition coefficient (Wildman–Crippen LogP) is 4.77. The highest BCUT2D eigenvalue weighted by Gasteiger charge is 2.32. The summed E-state index contributed by atoms with van der Waals surface area (Å²) in [4.78, 5) is 49.0. The Morgan fingerprint density at radius 2 is 1.84 bits per heavy atom. The fourth-order valence-corrected chi connectivity index (χ4v) is 6.79. The number of halogens is 3. The average Bonchev–Trinajstić information content (AvgIpc) is 3.52. The standard InChI is InChI=1S/C36H36ClF2N7O5/c1-22-2-6-28-34(41-10-12-46(28)29(18-22)26-5-7-30(51-17-9-40)33(39)32(26)38)42-24-3-4-25(27(37)19-24)35(48)45-15-13-44(14-16-45)31(47)21-43-11-8-23(20-43)36(49)50/h3-7,10,12,18-19,22-23H,2,8,11,13-17,20-21H2,1H3,(H,41,42)(H,49,50). The monoisotopic (exact) mass is 719 g/mol. The van der Waals surface area contributed by atoms with Gasteiger partial charge in [-0.15, -0.1) is 0 Å². The molecule has 0 spiro atoms. The molecule has 2 saturated heterocycles. The van der Waals surface area contributed by atoms with E-state index >= 15 is 4.39 Å². The Labute approximate surface area is 298 Å². The first-order valence-electron chi connectivity index (χ1n) is 16.6. The maximum atomic E-state index is 15.4. The topological polar surface area (TPSA) is 142 Å². The second kappa shape index (κ2) is 15.3. The number of ether oxygens (including phenoxy) is 1. The van der Waals surface area contributed by atoms with Crippen LogP contribution in [0.5, 0.6) is 5.75 Å². The average molecular weight is 720 g/mol. The Balaban J connectivity index is 1.10. The molecular weight excluding hydrogens is 684 g/mol. The zero-order valence-corrected chi connectivity index (χ0v) is 28.6. The predicted molar refractivity (Wildman–Crippen MR) is 185 cm³/mol. The zero-order chi connectivity index (χ0) is 36.2. The van der Waals surface area contributed by atoms with Gasteiger partial charge in [0.1, 0.15) is 6.07 Å². The van der Waals surface area contributed by atoms with E-state index in [1.807, 2.05) is 24.0 Å². The van der Waals surface area contributed by atoms with Gasteiger partial charge < -0.3 is 29.9 Å². The van der Waals surface area contributed by atoms with Crippen molar-refractivity contribution in [1.82, 2.24) is 19.6 Å². The molecule has 2 unspecified atom stereocenters. The minimum atomic E-state index is -1.19. The van der Waals surface area contributed by atoms with Crippen LogP contribution in [0.25, 0.3) is 5.70 Å². The Morgan fingerprint density at radius 3 is 2.55 bits per heavy atom. The summed E-state index contributed by atoms with van der Waals surface area (Å²) in [5.74, 6) is -3.88. The number of piperazine rings is 1. The van der Waals surface area contributed by atoms with Crippen LogP contribution in [-0.2, 0) is 9.59 Å². The number of hydrogen-bond donors (Lipinski definition) is 2. The van der Waals surface area contributed by atoms with E-state index in [0.717, 1.165) is 0 Å². The SMILES string of the molecule is CC1C=C(c2ccc(OCC#N)c(F)c2F)N2C=CN=C(Nc3ccc(C(=O)N4CCN(C(=O)CN5CCC(C(=O)O)C5)CC4)c(Cl)c3)C2=CC1. The van der Waals surface area contributed by atoms with Crippen LogP contribution in [0.1, 0.15) is 35.7 Å². The van der Waals surface area contributed by atoms with Gasteiger partial charge >= 0.3 is 5.97 Å². The summed E-state index contributed by atoms with van der Waals surface area (Å²) in [6.45, 7) is 4.02. The van der Waals surface area contributed by atoms with Gasteiger partial charge in [-0.05, 0) is 55.6 Å². The van der Waals surface area contributed by atoms with Crippen LogP contribution < -0.4 is 10.1 Å². The second-order valence-corrected chi connectivity index (χ2v) is 13.1. The number of nitrogens with zero attached hydrogens (tertiary/aromatic N) is 6. The van der Waals surface area contributed by atoms with Crippen molar-refractivity contribution in [3.05, 3.63) is 88.4 Å². The number of fused-ring (bicyclic) bond motifs is 1. The molecule has 4 aliphatic heterocycles. The Kier molecular flexibility index (Phi) is 10.7. The largest absolute Gasteiger partial charge is 0.481 e. The molecule has 6 rings (SSSR count). The van der Waals surface area contributed by atoms with Crippen molar-refractivity contribution in [1.29, 1.82) is 5.26 Å². The fraction of sp³-hybridized carbons (Fsp3) is 0.361. The third-order valence-electron chi connectivity index (χ3n) is 9.28. The maximum Gasteiger partial charge on any atom is 0.307 e. The van der Waals surface area contributed by atoms with Gasteiger partial charge in [-0.2, -0.15) is 9.65 Å². The highest BCUT2D eigenvalue weighted by Crippen LogP contribution is 2.36. The number of amides is 2. The molecular formula is C36H36ClF2N7O5. The van der Waals surface area contributed by atoms with Crippen LogP contribution >= 0.6 is 11.6 Å². The van der Waals surface area contributed by atoms with E-state index in [0.29, 0.717) is 80.6 Å². The quantitative estimate of drug-likeness (QED) is 0.395. The number of hydrogen-bond acceptors (Lipinski definition) is 9. The first-order valence-corrected chi connectivity index (χ1v) is 16.9. The number of carboxylic acid groups (broad SMARTS) is 1. The smallest absolute Gasteiger partial charge is 0.307 e. The van der Waals surface area contributed by atoms with E-state index in [2.05, 4.69) is 10.3 Å². The molecule has 2 N–H and O–H groups in total. The number of aliphatic carboxylic acids is 1. The van der Waals surface area contributed by atoms with Crippen molar-refractivity contribution < 1.29 is 33.0 Å². The molecule has 0 radical (unpaired) electrons. The van der Waals surface area contributed by atoms with Gasteiger partial charge in [-0.25, -0.2) is 9.38 Å². The van der Waals surface area contributed by atoms with Crippen molar-refractivity contribution in [2.75, 3.05) is 57.7 Å². The lowest BCUT2D eigenvalue weighted by molar-refractivity contribution is -0.141. The third-order valence-corrected chi connectivity index (χ3v) is 9.60. The number of nitrogens with one attached hydrogen (secondary N) is 1. The number of likely N-dealkylation sites (tertiary alicyclic amines) is 1. The number of aliphatic imine (C=N–C) groups is 1. The summed E-state index contributed by atoms with van der Waals surface area (Å²) in [6, 6.07) is 9.40. The number of nitriles is 1. The van der Waals surface area contributed by atoms with Crippen molar-refractivity contribution in [2.45, 2.75) is 19.8 Å². The number of carboxylic acids is 1. The van der Waals surface area contributed by atoms with E-state index in [-0.39, 0.29) is 40.6 Å². The molecule has 12 nitrogen and oxygen atoms in total. The Bertz CT molecular complexity index is 1900. The zero-order valence-electron chi connectivity index (χ0n) is 27.8. The molecule has 0 saturated carbocycles. The number of anilines is 1. The summed E-state index contributed by atoms with van der Waals surface area (Å²) in [7, 11) is 0. The van der Waals surface area contributed by atoms with Gasteiger partial charge in [0.15, 0.2) is 24.0 Å². The number of carbonyl (C=O) groups excluding carboxylic acids is 2. The van der Waals surface area contributed by atoms with E-state index in [1.165, 1.54) is 18.3 Å². The molecule has 15 heteroatoms. The van der Waals surface area contributed by atoms with E-state index < -0.39 is 30.1 Å². The number of carbonyl (C=O) groups is 3. The van der Waals surface area contributed by atoms with E-state index in [1.54, 1.807) is 45.2 Å². The number of benzene rings is 2. The molecule has 2 amide bonds. The summed E-state index contributed by atoms with van der Waals surface area (Å²) >= 11 is 6.64. The number of allylic oxidation sites excluding steroid dienone is 2. The Morgan fingerprint density at radius 1 is 1.08 bits per heavy atom. The molecule has 4 aliphatic rings. The Hall–Kier alpha value is -5.26. The van der Waals surface area contributed by atoms with Gasteiger partial charge in [0.2, 0.25) is 11.7 Å². The van der Waals surface area contributed by atoms with Gasteiger partial charge in [-0.3, -0.25) is 19.3 Å². The van der Waals surface area contributed by atoms with E-state index in [9.17, 15) is 23.9 Å². The molecule has 4 heterocycles. The van der Waals surface area contributed by atoms with Gasteiger partial charge in [0.05, 0.1) is 34.4 Å². The number of rotatable bonds is 8. The van der Waals surface area contributed by atoms with Gasteiger partial charge in [0, 0.05) is 56.4 Å². The molecule has 266 valence electrons. The third kappa shape index (κ3) is 7.74. The fourth-order valence-electron chi connectivity index (χ4n) is 6.52. The molecule has 0 bridgehead atoms. The first-order chi connectivity index (χ1) is 24.5. The van der Waals surface area contributed by atoms with Crippen LogP contribution in [0.15, 0.2) is 65.6 Å². The lowest BCUT2D eigenvalue weighted by Gasteiger charge is -2.35. The van der Waals surface area contributed by atoms with Crippen LogP contribution in [-0.4, -0.2) is 101 Å². The van der Waals surface area contributed by atoms with Crippen LogP contribution in [0.4, 0.5) is 14.5 Å². The first kappa shape index (κ1) is 35.6. The molecule has 51 heavy (non-hydrogen) atoms. The summed E-state index contributed by atoms with van der Waals surface area (Å²) in [6.07, 6.45) is 8.10. The highest BCUT2D eigenvalue weighted by molar-refractivity contribution is 6.34. The van der Waals surface area contributed by atoms with Crippen molar-refractivity contribution >= 4 is 46.6 Å². The van der Waals surface area contributed by atoms with Crippen molar-refractivity contribution in [2.24, 2.45) is 16.8 Å². The highest BCUT2D eigenvalue weighted by atomic mass is 35.5. The number of amidine groups is 1. The minimum absolute atomic E-state index is 0.0129. The molecule has 2 atom stereocenters. The van der Waals surface area contributed by atoms with Crippen molar-refractivity contribution in [3.8, 4) is 11.8 Å². The minimum Gasteiger partial charge on any atom is -0.481 e. The van der Waals surface area contributed by atoms with Gasteiger partial charge in [0.25, 0.3) is 5.91 Å². The summed E-state index contributed by atoms with van der Waals surface area (Å²) < 4.78 is 35.4. The van der Waals surface area contributed by atoms with Gasteiger partial charge in [-0.1, -0.05) is 30.7 Å². The van der Waals surface area contributed by atoms with Crippen molar-refractivity contribution in [3.63, 3.8) is 0 Å². The molecule has 0 aliphatic carbocycles. The van der Waals surface area contributed by atoms with E-state index in [4.69, 9.17) is 21.6 Å². The summed E-state index contributed by atoms with van der Waals surface area (Å²) in [5, 5.41) is 21.5. The molecule has 0 aromatic heterocycles. The van der Waals surface area contributed by atoms with Crippen LogP contribution in [0, 0.1) is 34.8 Å². The normalized spacial score (nSPS) is 20.5.